The van der Waals surface area contributed by atoms with Crippen LogP contribution in [0, 0.1) is 17.2 Å². The first kappa shape index (κ1) is 21.0. The van der Waals surface area contributed by atoms with Gasteiger partial charge in [-0.15, -0.1) is 0 Å². The zero-order valence-corrected chi connectivity index (χ0v) is 18.0. The molecule has 1 N–H and O–H groups in total. The van der Waals surface area contributed by atoms with Crippen molar-refractivity contribution < 1.29 is 9.53 Å². The maximum atomic E-state index is 12.8. The third kappa shape index (κ3) is 4.57. The van der Waals surface area contributed by atoms with Crippen molar-refractivity contribution in [3.8, 4) is 11.8 Å². The average Bonchev–Trinajstić information content (AvgIpc) is 2.79. The van der Waals surface area contributed by atoms with Crippen LogP contribution in [0.4, 0.5) is 11.4 Å². The Bertz CT molecular complexity index is 1130. The van der Waals surface area contributed by atoms with Crippen LogP contribution in [0.25, 0.3) is 10.9 Å². The number of hydrogen-bond donors (Lipinski definition) is 1. The van der Waals surface area contributed by atoms with Crippen molar-refractivity contribution in [1.82, 2.24) is 4.98 Å². The summed E-state index contributed by atoms with van der Waals surface area (Å²) in [7, 11) is 0. The van der Waals surface area contributed by atoms with Gasteiger partial charge in [-0.1, -0.05) is 11.6 Å². The molecule has 2 heterocycles. The highest BCUT2D eigenvalue weighted by molar-refractivity contribution is 6.31. The Morgan fingerprint density at radius 3 is 2.68 bits per heavy atom. The van der Waals surface area contributed by atoms with Gasteiger partial charge < -0.3 is 15.0 Å². The first-order valence-corrected chi connectivity index (χ1v) is 10.7. The third-order valence-corrected chi connectivity index (χ3v) is 5.77. The van der Waals surface area contributed by atoms with Gasteiger partial charge in [-0.2, -0.15) is 5.26 Å². The van der Waals surface area contributed by atoms with Gasteiger partial charge in [0.1, 0.15) is 11.8 Å². The second kappa shape index (κ2) is 9.23. The number of carbonyl (C=O) groups excluding carboxylic acids is 1. The topological polar surface area (TPSA) is 78.2 Å². The number of fused-ring (bicyclic) bond motifs is 1. The second-order valence-corrected chi connectivity index (χ2v) is 7.94. The molecule has 1 aliphatic heterocycles. The number of hydrogen-bond acceptors (Lipinski definition) is 5. The Balaban J connectivity index is 1.46. The number of anilines is 2. The van der Waals surface area contributed by atoms with Gasteiger partial charge in [-0.25, -0.2) is 0 Å². The van der Waals surface area contributed by atoms with Crippen LogP contribution in [0.1, 0.15) is 25.3 Å². The maximum absolute atomic E-state index is 12.8. The number of piperidine rings is 1. The van der Waals surface area contributed by atoms with Crippen molar-refractivity contribution in [3.05, 3.63) is 59.2 Å². The van der Waals surface area contributed by atoms with E-state index >= 15 is 0 Å². The van der Waals surface area contributed by atoms with Crippen LogP contribution < -0.4 is 15.0 Å². The summed E-state index contributed by atoms with van der Waals surface area (Å²) < 4.78 is 5.44. The predicted molar refractivity (Wildman–Crippen MR) is 123 cm³/mol. The van der Waals surface area contributed by atoms with Crippen molar-refractivity contribution in [2.75, 3.05) is 29.9 Å². The first-order valence-electron chi connectivity index (χ1n) is 10.4. The van der Waals surface area contributed by atoms with Gasteiger partial charge in [-0.3, -0.25) is 9.78 Å². The number of nitrogens with zero attached hydrogens (tertiary/aromatic N) is 3. The molecule has 0 aliphatic carbocycles. The predicted octanol–water partition coefficient (Wildman–Crippen LogP) is 5.01. The molecule has 6 nitrogen and oxygen atoms in total. The summed E-state index contributed by atoms with van der Waals surface area (Å²) >= 11 is 6.20. The SMILES string of the molecule is CCOc1ccc(NC(=O)C2CCN(c3c(C#N)cnc4ccc(Cl)cc34)CC2)cc1. The molecule has 158 valence electrons. The van der Waals surface area contributed by atoms with Gasteiger partial charge in [0.05, 0.1) is 23.4 Å². The molecule has 4 rings (SSSR count). The standard InChI is InChI=1S/C24H23ClN4O2/c1-2-31-20-6-4-19(5-7-20)28-24(30)16-9-11-29(12-10-16)23-17(14-26)15-27-22-8-3-18(25)13-21(22)23/h3-8,13,15-16H,2,9-12H2,1H3,(H,28,30). The van der Waals surface area contributed by atoms with Gasteiger partial charge in [0.15, 0.2) is 0 Å². The first-order chi connectivity index (χ1) is 15.1. The van der Waals surface area contributed by atoms with Crippen molar-refractivity contribution in [2.45, 2.75) is 19.8 Å². The van der Waals surface area contributed by atoms with E-state index in [4.69, 9.17) is 16.3 Å². The molecule has 2 aromatic carbocycles. The summed E-state index contributed by atoms with van der Waals surface area (Å²) in [4.78, 5) is 19.3. The smallest absolute Gasteiger partial charge is 0.227 e. The van der Waals surface area contributed by atoms with E-state index in [0.717, 1.165) is 28.0 Å². The summed E-state index contributed by atoms with van der Waals surface area (Å²) in [6.07, 6.45) is 3.02. The van der Waals surface area contributed by atoms with Crippen molar-refractivity contribution in [1.29, 1.82) is 5.26 Å². The molecule has 0 radical (unpaired) electrons. The van der Waals surface area contributed by atoms with E-state index in [0.29, 0.717) is 43.1 Å². The van der Waals surface area contributed by atoms with Crippen LogP contribution >= 0.6 is 11.6 Å². The van der Waals surface area contributed by atoms with Crippen LogP contribution in [0.3, 0.4) is 0 Å². The lowest BCUT2D eigenvalue weighted by Gasteiger charge is -2.34. The van der Waals surface area contributed by atoms with E-state index in [1.54, 1.807) is 12.3 Å². The fraction of sp³-hybridized carbons (Fsp3) is 0.292. The number of amides is 1. The van der Waals surface area contributed by atoms with E-state index in [1.807, 2.05) is 43.3 Å². The third-order valence-electron chi connectivity index (χ3n) is 5.54. The number of benzene rings is 2. The molecule has 31 heavy (non-hydrogen) atoms. The second-order valence-electron chi connectivity index (χ2n) is 7.50. The van der Waals surface area contributed by atoms with Crippen LogP contribution in [0.2, 0.25) is 5.02 Å². The minimum Gasteiger partial charge on any atom is -0.494 e. The van der Waals surface area contributed by atoms with E-state index in [9.17, 15) is 10.1 Å². The lowest BCUT2D eigenvalue weighted by molar-refractivity contribution is -0.120. The Hall–Kier alpha value is -3.30. The highest BCUT2D eigenvalue weighted by atomic mass is 35.5. The molecule has 0 saturated carbocycles. The van der Waals surface area contributed by atoms with Gasteiger partial charge >= 0.3 is 0 Å². The number of rotatable bonds is 5. The number of nitriles is 1. The van der Waals surface area contributed by atoms with E-state index in [2.05, 4.69) is 21.3 Å². The van der Waals surface area contributed by atoms with Crippen LogP contribution in [0.15, 0.2) is 48.7 Å². The molecule has 7 heteroatoms. The molecule has 1 aromatic heterocycles. The number of halogens is 1. The Labute approximate surface area is 186 Å². The van der Waals surface area contributed by atoms with Gasteiger partial charge in [-0.05, 0) is 62.2 Å². The Kier molecular flexibility index (Phi) is 6.24. The van der Waals surface area contributed by atoms with E-state index in [1.165, 1.54) is 0 Å². The lowest BCUT2D eigenvalue weighted by Crippen LogP contribution is -2.38. The number of pyridine rings is 1. The molecular formula is C24H23ClN4O2. The summed E-state index contributed by atoms with van der Waals surface area (Å²) in [5.41, 5.74) is 2.93. The molecule has 0 spiro atoms. The summed E-state index contributed by atoms with van der Waals surface area (Å²) in [5.74, 6) is 0.726. The molecule has 1 fully saturated rings. The maximum Gasteiger partial charge on any atom is 0.227 e. The molecule has 0 unspecified atom stereocenters. The van der Waals surface area contributed by atoms with Gasteiger partial charge in [0, 0.05) is 41.3 Å². The Morgan fingerprint density at radius 2 is 2.00 bits per heavy atom. The fourth-order valence-corrected chi connectivity index (χ4v) is 4.16. The van der Waals surface area contributed by atoms with Gasteiger partial charge in [0.2, 0.25) is 5.91 Å². The van der Waals surface area contributed by atoms with Crippen molar-refractivity contribution in [3.63, 3.8) is 0 Å². The van der Waals surface area contributed by atoms with Crippen molar-refractivity contribution in [2.24, 2.45) is 5.92 Å². The lowest BCUT2D eigenvalue weighted by atomic mass is 9.94. The quantitative estimate of drug-likeness (QED) is 0.610. The zero-order valence-electron chi connectivity index (χ0n) is 17.3. The number of carbonyl (C=O) groups is 1. The molecule has 1 aliphatic rings. The number of aromatic nitrogens is 1. The van der Waals surface area contributed by atoms with Crippen LogP contribution in [-0.4, -0.2) is 30.6 Å². The molecule has 1 saturated heterocycles. The van der Waals surface area contributed by atoms with Crippen LogP contribution in [-0.2, 0) is 4.79 Å². The zero-order chi connectivity index (χ0) is 21.8. The minimum absolute atomic E-state index is 0.0203. The Morgan fingerprint density at radius 1 is 1.26 bits per heavy atom. The molecule has 0 bridgehead atoms. The fourth-order valence-electron chi connectivity index (χ4n) is 3.98. The average molecular weight is 435 g/mol. The summed E-state index contributed by atoms with van der Waals surface area (Å²) in [6, 6.07) is 15.2. The van der Waals surface area contributed by atoms with Gasteiger partial charge in [0.25, 0.3) is 0 Å². The number of nitrogens with one attached hydrogen (secondary N) is 1. The highest BCUT2D eigenvalue weighted by Crippen LogP contribution is 2.34. The molecule has 1 amide bonds. The highest BCUT2D eigenvalue weighted by Gasteiger charge is 2.27. The van der Waals surface area contributed by atoms with E-state index in [-0.39, 0.29) is 11.8 Å². The van der Waals surface area contributed by atoms with Crippen LogP contribution in [0.5, 0.6) is 5.75 Å². The summed E-state index contributed by atoms with van der Waals surface area (Å²) in [5, 5.41) is 14.1. The summed E-state index contributed by atoms with van der Waals surface area (Å²) in [6.45, 7) is 3.91. The minimum atomic E-state index is -0.0787. The normalized spacial score (nSPS) is 14.3. The molecule has 0 atom stereocenters. The number of ether oxygens (including phenoxy) is 1. The van der Waals surface area contributed by atoms with E-state index < -0.39 is 0 Å². The largest absolute Gasteiger partial charge is 0.494 e. The monoisotopic (exact) mass is 434 g/mol. The molecular weight excluding hydrogens is 412 g/mol. The molecule has 3 aromatic rings. The van der Waals surface area contributed by atoms with Crippen molar-refractivity contribution >= 4 is 39.8 Å².